The molecule has 1 aliphatic rings. The molecule has 1 aromatic heterocycles. The van der Waals surface area contributed by atoms with Gasteiger partial charge in [-0.3, -0.25) is 5.32 Å². The molecule has 1 aliphatic heterocycles. The van der Waals surface area contributed by atoms with Crippen LogP contribution in [0.3, 0.4) is 0 Å². The van der Waals surface area contributed by atoms with Gasteiger partial charge in [-0.2, -0.15) is 0 Å². The van der Waals surface area contributed by atoms with Crippen molar-refractivity contribution in [3.8, 4) is 0 Å². The van der Waals surface area contributed by atoms with Gasteiger partial charge in [0.25, 0.3) is 0 Å². The van der Waals surface area contributed by atoms with Crippen LogP contribution in [0.1, 0.15) is 54.0 Å². The average Bonchev–Trinajstić information content (AvgIpc) is 2.76. The van der Waals surface area contributed by atoms with Crippen molar-refractivity contribution in [2.75, 3.05) is 5.32 Å². The third-order valence-electron chi connectivity index (χ3n) is 5.26. The van der Waals surface area contributed by atoms with Crippen LogP contribution in [0.4, 0.5) is 10.6 Å². The molecule has 0 unspecified atom stereocenters. The average molecular weight is 419 g/mol. The Morgan fingerprint density at radius 2 is 1.76 bits per heavy atom. The molecule has 0 saturated carbocycles. The van der Waals surface area contributed by atoms with E-state index < -0.39 is 30.0 Å². The maximum atomic E-state index is 12.3. The highest BCUT2D eigenvalue weighted by molar-refractivity contribution is 6.65. The number of carbonyl (C=O) groups excluding carboxylic acids is 1. The lowest BCUT2D eigenvalue weighted by Crippen LogP contribution is -2.41. The number of amides is 1. The zero-order valence-corrected chi connectivity index (χ0v) is 19.0. The molecule has 1 amide bonds. The van der Waals surface area contributed by atoms with Gasteiger partial charge in [-0.1, -0.05) is 23.7 Å². The Hall–Kier alpha value is -1.83. The molecule has 1 aromatic carbocycles. The van der Waals surface area contributed by atoms with E-state index in [-0.39, 0.29) is 0 Å². The smallest absolute Gasteiger partial charge is 0.444 e. The molecule has 0 bridgehead atoms. The van der Waals surface area contributed by atoms with E-state index in [1.54, 1.807) is 26.8 Å². The summed E-state index contributed by atoms with van der Waals surface area (Å²) in [6, 6.07) is 5.63. The van der Waals surface area contributed by atoms with Gasteiger partial charge in [0, 0.05) is 5.39 Å². The number of fused-ring (bicyclic) bond motifs is 1. The SMILES string of the molecule is Cc1ccc2cc(NC(=O)OC(C)(C)C)nc(B3OC(C)(C)C(C)(C)O3)c2c1Cl. The summed E-state index contributed by atoms with van der Waals surface area (Å²) in [4.78, 5) is 16.9. The van der Waals surface area contributed by atoms with Gasteiger partial charge < -0.3 is 14.0 Å². The van der Waals surface area contributed by atoms with Crippen molar-refractivity contribution >= 4 is 47.0 Å². The quantitative estimate of drug-likeness (QED) is 0.706. The highest BCUT2D eigenvalue weighted by Crippen LogP contribution is 2.38. The number of nitrogens with one attached hydrogen (secondary N) is 1. The van der Waals surface area contributed by atoms with Gasteiger partial charge in [-0.25, -0.2) is 9.78 Å². The molecule has 29 heavy (non-hydrogen) atoms. The fourth-order valence-corrected chi connectivity index (χ4v) is 3.31. The molecule has 3 rings (SSSR count). The molecular weight excluding hydrogens is 391 g/mol. The number of anilines is 1. The van der Waals surface area contributed by atoms with E-state index in [4.69, 9.17) is 25.6 Å². The van der Waals surface area contributed by atoms with Crippen LogP contribution < -0.4 is 10.9 Å². The number of ether oxygens (including phenoxy) is 1. The van der Waals surface area contributed by atoms with Crippen molar-refractivity contribution < 1.29 is 18.8 Å². The minimum Gasteiger partial charge on any atom is -0.444 e. The van der Waals surface area contributed by atoms with E-state index in [0.29, 0.717) is 16.4 Å². The Bertz CT molecular complexity index is 953. The minimum atomic E-state index is -0.720. The zero-order valence-electron chi connectivity index (χ0n) is 18.3. The molecule has 156 valence electrons. The van der Waals surface area contributed by atoms with Crippen LogP contribution in [-0.2, 0) is 14.0 Å². The number of hydrogen-bond donors (Lipinski definition) is 1. The van der Waals surface area contributed by atoms with Crippen LogP contribution in [0.5, 0.6) is 0 Å². The predicted octanol–water partition coefficient (Wildman–Crippen LogP) is 4.84. The number of carbonyl (C=O) groups is 1. The van der Waals surface area contributed by atoms with E-state index in [1.807, 2.05) is 46.8 Å². The Balaban J connectivity index is 2.09. The molecule has 0 radical (unpaired) electrons. The summed E-state index contributed by atoms with van der Waals surface area (Å²) in [5, 5.41) is 4.87. The summed E-state index contributed by atoms with van der Waals surface area (Å²) in [7, 11) is -0.720. The number of rotatable bonds is 2. The van der Waals surface area contributed by atoms with E-state index in [0.717, 1.165) is 16.3 Å². The van der Waals surface area contributed by atoms with Gasteiger partial charge in [0.05, 0.1) is 21.8 Å². The highest BCUT2D eigenvalue weighted by Gasteiger charge is 2.53. The Labute approximate surface area is 177 Å². The summed E-state index contributed by atoms with van der Waals surface area (Å²) >= 11 is 6.63. The number of halogens is 1. The third kappa shape index (κ3) is 4.37. The maximum absolute atomic E-state index is 12.3. The Morgan fingerprint density at radius 3 is 2.31 bits per heavy atom. The summed E-state index contributed by atoms with van der Waals surface area (Å²) in [6.07, 6.45) is -0.581. The van der Waals surface area contributed by atoms with E-state index in [9.17, 15) is 4.79 Å². The first-order valence-corrected chi connectivity index (χ1v) is 10.0. The van der Waals surface area contributed by atoms with Crippen LogP contribution in [0.25, 0.3) is 10.8 Å². The molecule has 0 atom stereocenters. The largest absolute Gasteiger partial charge is 0.515 e. The second-order valence-corrected chi connectivity index (χ2v) is 9.78. The van der Waals surface area contributed by atoms with Gasteiger partial charge in [0.1, 0.15) is 11.4 Å². The number of pyridine rings is 1. The second kappa shape index (κ2) is 7.15. The molecule has 1 N–H and O–H groups in total. The highest BCUT2D eigenvalue weighted by atomic mass is 35.5. The van der Waals surface area contributed by atoms with Crippen molar-refractivity contribution in [3.05, 3.63) is 28.8 Å². The minimum absolute atomic E-state index is 0.344. The molecule has 0 spiro atoms. The molecule has 1 saturated heterocycles. The van der Waals surface area contributed by atoms with Crippen LogP contribution in [-0.4, -0.2) is 35.0 Å². The van der Waals surface area contributed by atoms with E-state index >= 15 is 0 Å². The lowest BCUT2D eigenvalue weighted by molar-refractivity contribution is 0.00578. The molecule has 8 heteroatoms. The van der Waals surface area contributed by atoms with Crippen molar-refractivity contribution in [2.24, 2.45) is 0 Å². The van der Waals surface area contributed by atoms with Crippen molar-refractivity contribution in [3.63, 3.8) is 0 Å². The van der Waals surface area contributed by atoms with Crippen LogP contribution in [0.15, 0.2) is 18.2 Å². The van der Waals surface area contributed by atoms with Gasteiger partial charge >= 0.3 is 13.2 Å². The molecule has 0 aliphatic carbocycles. The van der Waals surface area contributed by atoms with Crippen molar-refractivity contribution in [1.29, 1.82) is 0 Å². The van der Waals surface area contributed by atoms with Gasteiger partial charge in [-0.05, 0) is 72.4 Å². The van der Waals surface area contributed by atoms with Gasteiger partial charge in [0.15, 0.2) is 0 Å². The first-order chi connectivity index (χ1) is 13.2. The fraction of sp³-hybridized carbons (Fsp3) is 0.524. The lowest BCUT2D eigenvalue weighted by atomic mass is 9.80. The Kier molecular flexibility index (Phi) is 5.39. The maximum Gasteiger partial charge on any atom is 0.515 e. The topological polar surface area (TPSA) is 69.7 Å². The number of benzene rings is 1. The van der Waals surface area contributed by atoms with E-state index in [2.05, 4.69) is 10.3 Å². The van der Waals surface area contributed by atoms with Gasteiger partial charge in [-0.15, -0.1) is 0 Å². The zero-order chi connectivity index (χ0) is 21.8. The van der Waals surface area contributed by atoms with E-state index in [1.165, 1.54) is 0 Å². The number of aryl methyl sites for hydroxylation is 1. The third-order valence-corrected chi connectivity index (χ3v) is 5.75. The first-order valence-electron chi connectivity index (χ1n) is 9.65. The molecule has 2 heterocycles. The number of aromatic nitrogens is 1. The van der Waals surface area contributed by atoms with Crippen LogP contribution >= 0.6 is 11.6 Å². The van der Waals surface area contributed by atoms with Crippen molar-refractivity contribution in [1.82, 2.24) is 4.98 Å². The molecule has 2 aromatic rings. The fourth-order valence-electron chi connectivity index (χ4n) is 3.04. The normalized spacial score (nSPS) is 18.2. The Morgan fingerprint density at radius 1 is 1.17 bits per heavy atom. The van der Waals surface area contributed by atoms with Crippen molar-refractivity contribution in [2.45, 2.75) is 72.2 Å². The number of nitrogens with zero attached hydrogens (tertiary/aromatic N) is 1. The molecular formula is C21H28BClN2O4. The first kappa shape index (κ1) is 21.9. The summed E-state index contributed by atoms with van der Waals surface area (Å²) < 4.78 is 17.8. The van der Waals surface area contributed by atoms with Crippen LogP contribution in [0.2, 0.25) is 5.02 Å². The predicted molar refractivity (Wildman–Crippen MR) is 117 cm³/mol. The summed E-state index contributed by atoms with van der Waals surface area (Å²) in [6.45, 7) is 15.3. The lowest BCUT2D eigenvalue weighted by Gasteiger charge is -2.32. The molecule has 1 fully saturated rings. The summed E-state index contributed by atoms with van der Waals surface area (Å²) in [5.41, 5.74) is -0.226. The second-order valence-electron chi connectivity index (χ2n) is 9.40. The summed E-state index contributed by atoms with van der Waals surface area (Å²) in [5.74, 6) is 0.344. The standard InChI is InChI=1S/C21H28BClN2O4/c1-12-9-10-13-11-14(25-18(26)27-19(2,3)4)24-17(15(13)16(12)23)22-28-20(5,6)21(7,8)29-22/h9-11H,1-8H3,(H,24,25,26). The molecule has 6 nitrogen and oxygen atoms in total. The number of hydrogen-bond acceptors (Lipinski definition) is 5. The van der Waals surface area contributed by atoms with Gasteiger partial charge in [0.2, 0.25) is 0 Å². The van der Waals surface area contributed by atoms with Crippen LogP contribution in [0, 0.1) is 6.92 Å². The monoisotopic (exact) mass is 418 g/mol.